The predicted octanol–water partition coefficient (Wildman–Crippen LogP) is 2.55. The number of benzene rings is 1. The van der Waals surface area contributed by atoms with E-state index in [2.05, 4.69) is 15.2 Å². The molecule has 1 aromatic carbocycles. The second kappa shape index (κ2) is 5.95. The fourth-order valence-corrected chi connectivity index (χ4v) is 3.88. The van der Waals surface area contributed by atoms with E-state index in [0.717, 1.165) is 37.2 Å². The first-order valence-corrected chi connectivity index (χ1v) is 8.68. The SMILES string of the molecule is CCOc1cc(N2CCC3(CC2)C(=O)Nc2ncccc23)ccc1N. The second-order valence-electron chi connectivity index (χ2n) is 6.58. The highest BCUT2D eigenvalue weighted by molar-refractivity contribution is 6.05. The van der Waals surface area contributed by atoms with Crippen LogP contribution in [0.2, 0.25) is 0 Å². The summed E-state index contributed by atoms with van der Waals surface area (Å²) in [6.07, 6.45) is 3.26. The first-order valence-electron chi connectivity index (χ1n) is 8.68. The lowest BCUT2D eigenvalue weighted by molar-refractivity contribution is -0.121. The molecule has 0 unspecified atom stereocenters. The third-order valence-corrected chi connectivity index (χ3v) is 5.27. The van der Waals surface area contributed by atoms with E-state index in [9.17, 15) is 4.79 Å². The van der Waals surface area contributed by atoms with E-state index in [1.165, 1.54) is 0 Å². The molecule has 3 N–H and O–H groups in total. The summed E-state index contributed by atoms with van der Waals surface area (Å²) in [7, 11) is 0. The fourth-order valence-electron chi connectivity index (χ4n) is 3.88. The highest BCUT2D eigenvalue weighted by atomic mass is 16.5. The molecule has 0 radical (unpaired) electrons. The Bertz CT molecular complexity index is 813. The average molecular weight is 338 g/mol. The molecule has 0 atom stereocenters. The number of nitrogens with one attached hydrogen (secondary N) is 1. The number of hydrogen-bond donors (Lipinski definition) is 2. The van der Waals surface area contributed by atoms with Gasteiger partial charge < -0.3 is 20.7 Å². The molecule has 1 spiro atoms. The lowest BCUT2D eigenvalue weighted by Crippen LogP contribution is -2.46. The zero-order valence-corrected chi connectivity index (χ0v) is 14.3. The summed E-state index contributed by atoms with van der Waals surface area (Å²) < 4.78 is 5.60. The standard InChI is InChI=1S/C19H22N4O2/c1-2-25-16-12-13(5-6-15(16)20)23-10-7-19(8-11-23)14-4-3-9-21-17(14)22-18(19)24/h3-6,9,12H,2,7-8,10-11,20H2,1H3,(H,21,22,24). The van der Waals surface area contributed by atoms with Crippen LogP contribution in [0, 0.1) is 0 Å². The van der Waals surface area contributed by atoms with E-state index in [4.69, 9.17) is 10.5 Å². The number of aromatic nitrogens is 1. The number of ether oxygens (including phenoxy) is 1. The van der Waals surface area contributed by atoms with Gasteiger partial charge in [0.25, 0.3) is 0 Å². The fraction of sp³-hybridized carbons (Fsp3) is 0.368. The van der Waals surface area contributed by atoms with Crippen molar-refractivity contribution in [3.8, 4) is 5.75 Å². The third kappa shape index (κ3) is 2.49. The van der Waals surface area contributed by atoms with Gasteiger partial charge in [-0.2, -0.15) is 0 Å². The molecule has 0 saturated carbocycles. The molecule has 2 aliphatic rings. The number of anilines is 3. The molecule has 6 nitrogen and oxygen atoms in total. The van der Waals surface area contributed by atoms with Gasteiger partial charge in [0.15, 0.2) is 0 Å². The van der Waals surface area contributed by atoms with Crippen LogP contribution in [0.25, 0.3) is 0 Å². The van der Waals surface area contributed by atoms with E-state index >= 15 is 0 Å². The highest BCUT2D eigenvalue weighted by Crippen LogP contribution is 2.44. The Balaban J connectivity index is 1.56. The molecule has 1 aromatic heterocycles. The van der Waals surface area contributed by atoms with Crippen molar-refractivity contribution in [2.75, 3.05) is 35.6 Å². The number of nitrogen functional groups attached to an aromatic ring is 1. The van der Waals surface area contributed by atoms with Crippen LogP contribution in [-0.2, 0) is 10.2 Å². The number of carbonyl (C=O) groups excluding carboxylic acids is 1. The Morgan fingerprint density at radius 3 is 2.88 bits per heavy atom. The number of amides is 1. The van der Waals surface area contributed by atoms with E-state index < -0.39 is 5.41 Å². The van der Waals surface area contributed by atoms with Crippen LogP contribution in [0.4, 0.5) is 17.2 Å². The molecule has 4 rings (SSSR count). The Kier molecular flexibility index (Phi) is 3.75. The van der Waals surface area contributed by atoms with Crippen molar-refractivity contribution < 1.29 is 9.53 Å². The quantitative estimate of drug-likeness (QED) is 0.841. The molecule has 6 heteroatoms. The lowest BCUT2D eigenvalue weighted by atomic mass is 9.74. The average Bonchev–Trinajstić information content (AvgIpc) is 2.90. The van der Waals surface area contributed by atoms with Crippen molar-refractivity contribution in [3.63, 3.8) is 0 Å². The van der Waals surface area contributed by atoms with E-state index in [0.29, 0.717) is 23.9 Å². The first-order chi connectivity index (χ1) is 12.1. The summed E-state index contributed by atoms with van der Waals surface area (Å²) in [5.41, 5.74) is 8.28. The van der Waals surface area contributed by atoms with Crippen molar-refractivity contribution in [2.45, 2.75) is 25.2 Å². The van der Waals surface area contributed by atoms with Crippen molar-refractivity contribution in [1.82, 2.24) is 4.98 Å². The maximum Gasteiger partial charge on any atom is 0.236 e. The monoisotopic (exact) mass is 338 g/mol. The molecular formula is C19H22N4O2. The largest absolute Gasteiger partial charge is 0.492 e. The summed E-state index contributed by atoms with van der Waals surface area (Å²) in [6, 6.07) is 9.81. The van der Waals surface area contributed by atoms with Gasteiger partial charge in [-0.1, -0.05) is 6.07 Å². The minimum absolute atomic E-state index is 0.0770. The van der Waals surface area contributed by atoms with Gasteiger partial charge in [0.2, 0.25) is 5.91 Å². The maximum atomic E-state index is 12.6. The van der Waals surface area contributed by atoms with Crippen LogP contribution in [0.15, 0.2) is 36.5 Å². The number of hydrogen-bond acceptors (Lipinski definition) is 5. The Morgan fingerprint density at radius 2 is 2.12 bits per heavy atom. The number of nitrogens with zero attached hydrogens (tertiary/aromatic N) is 2. The van der Waals surface area contributed by atoms with Crippen LogP contribution in [0.5, 0.6) is 5.75 Å². The van der Waals surface area contributed by atoms with Gasteiger partial charge in [0.05, 0.1) is 17.7 Å². The van der Waals surface area contributed by atoms with Crippen molar-refractivity contribution in [1.29, 1.82) is 0 Å². The van der Waals surface area contributed by atoms with Crippen LogP contribution < -0.4 is 20.7 Å². The molecule has 0 bridgehead atoms. The number of pyridine rings is 1. The molecular weight excluding hydrogens is 316 g/mol. The Hall–Kier alpha value is -2.76. The predicted molar refractivity (Wildman–Crippen MR) is 98.0 cm³/mol. The number of nitrogens with two attached hydrogens (primary N) is 1. The van der Waals surface area contributed by atoms with Crippen molar-refractivity contribution in [2.24, 2.45) is 0 Å². The van der Waals surface area contributed by atoms with Gasteiger partial charge in [0.1, 0.15) is 11.6 Å². The molecule has 2 aromatic rings. The van der Waals surface area contributed by atoms with Gasteiger partial charge in [-0.3, -0.25) is 4.79 Å². The summed E-state index contributed by atoms with van der Waals surface area (Å²) in [5.74, 6) is 1.51. The topological polar surface area (TPSA) is 80.5 Å². The maximum absolute atomic E-state index is 12.6. The van der Waals surface area contributed by atoms with Gasteiger partial charge >= 0.3 is 0 Å². The van der Waals surface area contributed by atoms with Crippen molar-refractivity contribution in [3.05, 3.63) is 42.1 Å². The minimum Gasteiger partial charge on any atom is -0.492 e. The second-order valence-corrected chi connectivity index (χ2v) is 6.58. The van der Waals surface area contributed by atoms with Crippen LogP contribution in [-0.4, -0.2) is 30.6 Å². The molecule has 1 amide bonds. The summed E-state index contributed by atoms with van der Waals surface area (Å²) >= 11 is 0. The smallest absolute Gasteiger partial charge is 0.236 e. The van der Waals surface area contributed by atoms with E-state index in [-0.39, 0.29) is 5.91 Å². The number of carbonyl (C=O) groups is 1. The molecule has 1 fully saturated rings. The molecule has 2 aliphatic heterocycles. The Morgan fingerprint density at radius 1 is 1.32 bits per heavy atom. The van der Waals surface area contributed by atoms with E-state index in [1.54, 1.807) is 6.20 Å². The van der Waals surface area contributed by atoms with Gasteiger partial charge in [-0.05, 0) is 38.0 Å². The van der Waals surface area contributed by atoms with Gasteiger partial charge in [-0.25, -0.2) is 4.98 Å². The number of fused-ring (bicyclic) bond motifs is 2. The number of rotatable bonds is 3. The summed E-state index contributed by atoms with van der Waals surface area (Å²) in [6.45, 7) is 4.14. The highest BCUT2D eigenvalue weighted by Gasteiger charge is 2.49. The summed E-state index contributed by atoms with van der Waals surface area (Å²) in [5, 5.41) is 2.94. The van der Waals surface area contributed by atoms with Gasteiger partial charge in [-0.15, -0.1) is 0 Å². The molecule has 0 aliphatic carbocycles. The van der Waals surface area contributed by atoms with Gasteiger partial charge in [0, 0.05) is 36.6 Å². The van der Waals surface area contributed by atoms with E-state index in [1.807, 2.05) is 37.3 Å². The molecule has 3 heterocycles. The molecule has 130 valence electrons. The van der Waals surface area contributed by atoms with Crippen LogP contribution in [0.3, 0.4) is 0 Å². The first kappa shape index (κ1) is 15.7. The normalized spacial score (nSPS) is 18.1. The number of piperidine rings is 1. The van der Waals surface area contributed by atoms with Crippen LogP contribution in [0.1, 0.15) is 25.3 Å². The lowest BCUT2D eigenvalue weighted by Gasteiger charge is -2.39. The van der Waals surface area contributed by atoms with Crippen molar-refractivity contribution >= 4 is 23.1 Å². The summed E-state index contributed by atoms with van der Waals surface area (Å²) in [4.78, 5) is 19.2. The molecule has 1 saturated heterocycles. The molecule has 25 heavy (non-hydrogen) atoms. The van der Waals surface area contributed by atoms with Crippen LogP contribution >= 0.6 is 0 Å². The zero-order valence-electron chi connectivity index (χ0n) is 14.3. The zero-order chi connectivity index (χ0) is 17.4. The third-order valence-electron chi connectivity index (χ3n) is 5.27. The minimum atomic E-state index is -0.448. The Labute approximate surface area is 147 Å².